The van der Waals surface area contributed by atoms with E-state index in [-0.39, 0.29) is 5.91 Å². The maximum absolute atomic E-state index is 12.2. The molecule has 0 aromatic rings. The smallest absolute Gasteiger partial charge is 0.307 e. The van der Waals surface area contributed by atoms with Crippen molar-refractivity contribution in [3.8, 4) is 0 Å². The molecule has 106 valence electrons. The highest BCUT2D eigenvalue weighted by atomic mass is 16.4. The molecule has 0 aromatic heterocycles. The van der Waals surface area contributed by atoms with Gasteiger partial charge in [0.05, 0.1) is 5.92 Å². The Hall–Kier alpha value is -1.10. The largest absolute Gasteiger partial charge is 0.481 e. The van der Waals surface area contributed by atoms with Gasteiger partial charge in [-0.25, -0.2) is 0 Å². The molecule has 18 heavy (non-hydrogen) atoms. The van der Waals surface area contributed by atoms with E-state index >= 15 is 0 Å². The van der Waals surface area contributed by atoms with Gasteiger partial charge in [0.15, 0.2) is 0 Å². The Balaban J connectivity index is 4.58. The number of amides is 1. The van der Waals surface area contributed by atoms with Crippen molar-refractivity contribution in [2.75, 3.05) is 33.7 Å². The summed E-state index contributed by atoms with van der Waals surface area (Å²) in [7, 11) is 3.91. The van der Waals surface area contributed by atoms with E-state index in [0.29, 0.717) is 13.1 Å². The van der Waals surface area contributed by atoms with E-state index in [4.69, 9.17) is 5.11 Å². The van der Waals surface area contributed by atoms with Crippen molar-refractivity contribution in [3.05, 3.63) is 0 Å². The first-order chi connectivity index (χ1) is 8.31. The van der Waals surface area contributed by atoms with Crippen LogP contribution in [0.1, 0.15) is 27.2 Å². The Labute approximate surface area is 110 Å². The second kappa shape index (κ2) is 8.08. The van der Waals surface area contributed by atoms with Crippen molar-refractivity contribution in [2.45, 2.75) is 27.2 Å². The molecule has 0 fully saturated rings. The topological polar surface area (TPSA) is 60.9 Å². The van der Waals surface area contributed by atoms with Gasteiger partial charge in [0.25, 0.3) is 0 Å². The minimum Gasteiger partial charge on any atom is -0.481 e. The van der Waals surface area contributed by atoms with Crippen LogP contribution in [0.25, 0.3) is 0 Å². The van der Waals surface area contributed by atoms with E-state index in [0.717, 1.165) is 13.0 Å². The molecule has 0 aliphatic rings. The van der Waals surface area contributed by atoms with Crippen LogP contribution in [0.5, 0.6) is 0 Å². The third kappa shape index (κ3) is 5.49. The third-order valence-corrected chi connectivity index (χ3v) is 3.15. The fourth-order valence-corrected chi connectivity index (χ4v) is 1.64. The lowest BCUT2D eigenvalue weighted by Gasteiger charge is -2.28. The highest BCUT2D eigenvalue weighted by Crippen LogP contribution is 2.15. The highest BCUT2D eigenvalue weighted by Gasteiger charge is 2.28. The molecule has 0 saturated carbocycles. The molecule has 2 atom stereocenters. The molecule has 0 bridgehead atoms. The van der Waals surface area contributed by atoms with Crippen LogP contribution >= 0.6 is 0 Å². The lowest BCUT2D eigenvalue weighted by atomic mass is 9.94. The van der Waals surface area contributed by atoms with Gasteiger partial charge in [0, 0.05) is 25.6 Å². The minimum absolute atomic E-state index is 0.0615. The van der Waals surface area contributed by atoms with Crippen LogP contribution in [0.2, 0.25) is 0 Å². The van der Waals surface area contributed by atoms with Crippen molar-refractivity contribution in [1.82, 2.24) is 9.80 Å². The summed E-state index contributed by atoms with van der Waals surface area (Å²) in [6.45, 7) is 7.42. The van der Waals surface area contributed by atoms with Crippen molar-refractivity contribution in [2.24, 2.45) is 11.8 Å². The lowest BCUT2D eigenvalue weighted by Crippen LogP contribution is -2.42. The van der Waals surface area contributed by atoms with Crippen molar-refractivity contribution < 1.29 is 14.7 Å². The maximum Gasteiger partial charge on any atom is 0.307 e. The Bertz CT molecular complexity index is 279. The van der Waals surface area contributed by atoms with E-state index in [9.17, 15) is 9.59 Å². The first kappa shape index (κ1) is 16.9. The summed E-state index contributed by atoms with van der Waals surface area (Å²) in [5.74, 6) is -2.10. The van der Waals surface area contributed by atoms with Gasteiger partial charge in [-0.15, -0.1) is 0 Å². The quantitative estimate of drug-likeness (QED) is 0.709. The number of rotatable bonds is 8. The highest BCUT2D eigenvalue weighted by molar-refractivity contribution is 5.84. The summed E-state index contributed by atoms with van der Waals surface area (Å²) in [6.07, 6.45) is 0.882. The van der Waals surface area contributed by atoms with Crippen LogP contribution in [-0.2, 0) is 9.59 Å². The molecule has 2 unspecified atom stereocenters. The zero-order valence-corrected chi connectivity index (χ0v) is 12.1. The fourth-order valence-electron chi connectivity index (χ4n) is 1.64. The average Bonchev–Trinajstić information content (AvgIpc) is 2.31. The van der Waals surface area contributed by atoms with E-state index in [1.54, 1.807) is 18.7 Å². The third-order valence-electron chi connectivity index (χ3n) is 3.15. The predicted octanol–water partition coefficient (Wildman–Crippen LogP) is 1.14. The number of carbonyl (C=O) groups is 2. The Morgan fingerprint density at radius 3 is 2.00 bits per heavy atom. The normalized spacial score (nSPS) is 14.3. The van der Waals surface area contributed by atoms with E-state index in [1.807, 2.05) is 25.9 Å². The number of carboxylic acid groups (broad SMARTS) is 1. The van der Waals surface area contributed by atoms with Crippen molar-refractivity contribution in [3.63, 3.8) is 0 Å². The average molecular weight is 258 g/mol. The first-order valence-electron chi connectivity index (χ1n) is 6.47. The maximum atomic E-state index is 12.2. The van der Waals surface area contributed by atoms with Crippen molar-refractivity contribution in [1.29, 1.82) is 0 Å². The molecule has 0 aliphatic heterocycles. The molecule has 0 aromatic carbocycles. The van der Waals surface area contributed by atoms with Crippen molar-refractivity contribution >= 4 is 11.9 Å². The predicted molar refractivity (Wildman–Crippen MR) is 71.4 cm³/mol. The fraction of sp³-hybridized carbons (Fsp3) is 0.846. The monoisotopic (exact) mass is 258 g/mol. The zero-order chi connectivity index (χ0) is 14.3. The summed E-state index contributed by atoms with van der Waals surface area (Å²) < 4.78 is 0. The number of carboxylic acids is 1. The summed E-state index contributed by atoms with van der Waals surface area (Å²) in [5.41, 5.74) is 0. The van der Waals surface area contributed by atoms with Crippen LogP contribution in [0.15, 0.2) is 0 Å². The number of carbonyl (C=O) groups excluding carboxylic acids is 1. The number of likely N-dealkylation sites (N-methyl/N-ethyl adjacent to an activating group) is 1. The van der Waals surface area contributed by atoms with Gasteiger partial charge >= 0.3 is 5.97 Å². The van der Waals surface area contributed by atoms with E-state index in [1.165, 1.54) is 0 Å². The Morgan fingerprint density at radius 1 is 1.06 bits per heavy atom. The van der Waals surface area contributed by atoms with Crippen LogP contribution < -0.4 is 0 Å². The summed E-state index contributed by atoms with van der Waals surface area (Å²) in [5, 5.41) is 8.95. The number of hydrogen-bond acceptors (Lipinski definition) is 3. The zero-order valence-electron chi connectivity index (χ0n) is 12.1. The SMILES string of the molecule is CCCN(CCN(C)C)C(=O)C(C)C(C)C(=O)O. The van der Waals surface area contributed by atoms with Gasteiger partial charge in [-0.05, 0) is 20.5 Å². The van der Waals surface area contributed by atoms with Crippen LogP contribution in [-0.4, -0.2) is 60.5 Å². The molecule has 0 heterocycles. The molecule has 1 amide bonds. The van der Waals surface area contributed by atoms with Gasteiger partial charge in [-0.2, -0.15) is 0 Å². The Morgan fingerprint density at radius 2 is 1.61 bits per heavy atom. The van der Waals surface area contributed by atoms with Crippen LogP contribution in [0.3, 0.4) is 0 Å². The standard InChI is InChI=1S/C13H26N2O3/c1-6-7-15(9-8-14(4)5)12(16)10(2)11(3)13(17)18/h10-11H,6-9H2,1-5H3,(H,17,18). The summed E-state index contributed by atoms with van der Waals surface area (Å²) in [4.78, 5) is 26.9. The molecule has 0 aliphatic carbocycles. The molecule has 0 saturated heterocycles. The van der Waals surface area contributed by atoms with Gasteiger partial charge in [-0.3, -0.25) is 9.59 Å². The summed E-state index contributed by atoms with van der Waals surface area (Å²) in [6, 6.07) is 0. The van der Waals surface area contributed by atoms with Crippen LogP contribution in [0.4, 0.5) is 0 Å². The van der Waals surface area contributed by atoms with E-state index < -0.39 is 17.8 Å². The van der Waals surface area contributed by atoms with Crippen LogP contribution in [0, 0.1) is 11.8 Å². The molecule has 5 heteroatoms. The second-order valence-electron chi connectivity index (χ2n) is 5.04. The van der Waals surface area contributed by atoms with Gasteiger partial charge in [0.2, 0.25) is 5.91 Å². The van der Waals surface area contributed by atoms with Gasteiger partial charge in [0.1, 0.15) is 0 Å². The first-order valence-corrected chi connectivity index (χ1v) is 6.47. The number of nitrogens with zero attached hydrogens (tertiary/aromatic N) is 2. The van der Waals surface area contributed by atoms with Gasteiger partial charge in [-0.1, -0.05) is 20.8 Å². The minimum atomic E-state index is -0.917. The molecular weight excluding hydrogens is 232 g/mol. The molecule has 1 N–H and O–H groups in total. The number of aliphatic carboxylic acids is 1. The molecule has 5 nitrogen and oxygen atoms in total. The van der Waals surface area contributed by atoms with Gasteiger partial charge < -0.3 is 14.9 Å². The molecular formula is C13H26N2O3. The second-order valence-corrected chi connectivity index (χ2v) is 5.04. The van der Waals surface area contributed by atoms with E-state index in [2.05, 4.69) is 0 Å². The molecule has 0 spiro atoms. The Kier molecular flexibility index (Phi) is 7.59. The number of hydrogen-bond donors (Lipinski definition) is 1. The molecule has 0 rings (SSSR count). The molecule has 0 radical (unpaired) electrons. The summed E-state index contributed by atoms with van der Waals surface area (Å²) >= 11 is 0. The lowest BCUT2D eigenvalue weighted by molar-refractivity contribution is -0.149.